The largest absolute Gasteiger partial charge is 0.364 e. The monoisotopic (exact) mass is 214 g/mol. The second-order valence-electron chi connectivity index (χ2n) is 3.26. The summed E-state index contributed by atoms with van der Waals surface area (Å²) in [5, 5.41) is 15.7. The van der Waals surface area contributed by atoms with Gasteiger partial charge in [0.05, 0.1) is 5.69 Å². The lowest BCUT2D eigenvalue weighted by atomic mass is 10.2. The SMILES string of the molecule is N#Cc1cc(CNCc2ccon2)ccn1. The molecular formula is C11H10N4O. The van der Waals surface area contributed by atoms with Gasteiger partial charge in [0.2, 0.25) is 0 Å². The molecule has 2 aromatic heterocycles. The van der Waals surface area contributed by atoms with E-state index in [1.54, 1.807) is 18.3 Å². The fourth-order valence-corrected chi connectivity index (χ4v) is 1.31. The van der Waals surface area contributed by atoms with Gasteiger partial charge in [-0.1, -0.05) is 5.16 Å². The number of nitriles is 1. The summed E-state index contributed by atoms with van der Waals surface area (Å²) < 4.78 is 4.71. The summed E-state index contributed by atoms with van der Waals surface area (Å²) in [4.78, 5) is 3.90. The van der Waals surface area contributed by atoms with Crippen LogP contribution in [0.15, 0.2) is 35.2 Å². The van der Waals surface area contributed by atoms with Gasteiger partial charge in [-0.25, -0.2) is 4.98 Å². The molecule has 0 spiro atoms. The van der Waals surface area contributed by atoms with Gasteiger partial charge in [0, 0.05) is 25.4 Å². The van der Waals surface area contributed by atoms with Crippen molar-refractivity contribution in [1.82, 2.24) is 15.5 Å². The van der Waals surface area contributed by atoms with Crippen LogP contribution in [0.5, 0.6) is 0 Å². The molecule has 16 heavy (non-hydrogen) atoms. The highest BCUT2D eigenvalue weighted by molar-refractivity contribution is 5.25. The highest BCUT2D eigenvalue weighted by Gasteiger charge is 1.98. The quantitative estimate of drug-likeness (QED) is 0.828. The second kappa shape index (κ2) is 5.05. The molecule has 0 aliphatic carbocycles. The summed E-state index contributed by atoms with van der Waals surface area (Å²) in [6.45, 7) is 1.31. The average Bonchev–Trinajstić information content (AvgIpc) is 2.82. The first-order chi connectivity index (χ1) is 7.88. The van der Waals surface area contributed by atoms with Crippen LogP contribution in [-0.4, -0.2) is 10.1 Å². The molecule has 0 unspecified atom stereocenters. The minimum absolute atomic E-state index is 0.431. The van der Waals surface area contributed by atoms with E-state index in [-0.39, 0.29) is 0 Å². The van der Waals surface area contributed by atoms with E-state index in [9.17, 15) is 0 Å². The minimum atomic E-state index is 0.431. The molecule has 5 nitrogen and oxygen atoms in total. The summed E-state index contributed by atoms with van der Waals surface area (Å²) in [6.07, 6.45) is 3.17. The molecular weight excluding hydrogens is 204 g/mol. The molecule has 0 atom stereocenters. The van der Waals surface area contributed by atoms with Crippen molar-refractivity contribution >= 4 is 0 Å². The summed E-state index contributed by atoms with van der Waals surface area (Å²) in [5.74, 6) is 0. The number of rotatable bonds is 4. The summed E-state index contributed by atoms with van der Waals surface area (Å²) in [7, 11) is 0. The van der Waals surface area contributed by atoms with Crippen molar-refractivity contribution in [2.45, 2.75) is 13.1 Å². The molecule has 0 bridgehead atoms. The Hall–Kier alpha value is -2.19. The summed E-state index contributed by atoms with van der Waals surface area (Å²) >= 11 is 0. The molecule has 1 N–H and O–H groups in total. The van der Waals surface area contributed by atoms with Gasteiger partial charge in [0.25, 0.3) is 0 Å². The Morgan fingerprint density at radius 1 is 1.38 bits per heavy atom. The first-order valence-electron chi connectivity index (χ1n) is 4.83. The Balaban J connectivity index is 1.88. The molecule has 80 valence electrons. The van der Waals surface area contributed by atoms with Crippen molar-refractivity contribution in [3.8, 4) is 6.07 Å². The van der Waals surface area contributed by atoms with Crippen LogP contribution in [0, 0.1) is 11.3 Å². The van der Waals surface area contributed by atoms with E-state index < -0.39 is 0 Å². The van der Waals surface area contributed by atoms with Crippen LogP contribution < -0.4 is 5.32 Å². The normalized spacial score (nSPS) is 9.94. The maximum Gasteiger partial charge on any atom is 0.140 e. The molecule has 2 rings (SSSR count). The molecule has 5 heteroatoms. The molecule has 0 amide bonds. The van der Waals surface area contributed by atoms with Gasteiger partial charge in [-0.2, -0.15) is 5.26 Å². The first kappa shape index (κ1) is 10.3. The molecule has 0 saturated heterocycles. The number of pyridine rings is 1. The Kier molecular flexibility index (Phi) is 3.26. The molecule has 2 heterocycles. The van der Waals surface area contributed by atoms with Crippen LogP contribution in [0.3, 0.4) is 0 Å². The molecule has 0 aliphatic heterocycles. The van der Waals surface area contributed by atoms with Gasteiger partial charge < -0.3 is 9.84 Å². The number of nitrogens with one attached hydrogen (secondary N) is 1. The lowest BCUT2D eigenvalue weighted by Gasteiger charge is -2.02. The van der Waals surface area contributed by atoms with Crippen LogP contribution in [0.4, 0.5) is 0 Å². The fraction of sp³-hybridized carbons (Fsp3) is 0.182. The zero-order valence-corrected chi connectivity index (χ0v) is 8.55. The Morgan fingerprint density at radius 3 is 3.06 bits per heavy atom. The molecule has 0 aromatic carbocycles. The van der Waals surface area contributed by atoms with Gasteiger partial charge in [-0.15, -0.1) is 0 Å². The minimum Gasteiger partial charge on any atom is -0.364 e. The van der Waals surface area contributed by atoms with Crippen LogP contribution in [0.1, 0.15) is 17.0 Å². The molecule has 0 fully saturated rings. The fourth-order valence-electron chi connectivity index (χ4n) is 1.31. The van der Waals surface area contributed by atoms with E-state index in [2.05, 4.69) is 15.5 Å². The maximum absolute atomic E-state index is 8.68. The highest BCUT2D eigenvalue weighted by Crippen LogP contribution is 2.01. The Bertz CT molecular complexity index is 487. The van der Waals surface area contributed by atoms with Gasteiger partial charge >= 0.3 is 0 Å². The Labute approximate surface area is 92.7 Å². The van der Waals surface area contributed by atoms with E-state index >= 15 is 0 Å². The van der Waals surface area contributed by atoms with E-state index in [1.165, 1.54) is 6.26 Å². The van der Waals surface area contributed by atoms with E-state index in [0.29, 0.717) is 18.8 Å². The topological polar surface area (TPSA) is 74.7 Å². The lowest BCUT2D eigenvalue weighted by molar-refractivity contribution is 0.408. The molecule has 2 aromatic rings. The van der Waals surface area contributed by atoms with Crippen LogP contribution in [0.25, 0.3) is 0 Å². The zero-order chi connectivity index (χ0) is 11.2. The van der Waals surface area contributed by atoms with E-state index in [1.807, 2.05) is 12.1 Å². The van der Waals surface area contributed by atoms with Crippen molar-refractivity contribution in [3.05, 3.63) is 47.6 Å². The van der Waals surface area contributed by atoms with Crippen LogP contribution >= 0.6 is 0 Å². The number of aromatic nitrogens is 2. The summed E-state index contributed by atoms with van der Waals surface area (Å²) in [5.41, 5.74) is 2.31. The van der Waals surface area contributed by atoms with Crippen molar-refractivity contribution in [2.75, 3.05) is 0 Å². The van der Waals surface area contributed by atoms with Crippen LogP contribution in [0.2, 0.25) is 0 Å². The Morgan fingerprint density at radius 2 is 2.31 bits per heavy atom. The van der Waals surface area contributed by atoms with Gasteiger partial charge in [0.1, 0.15) is 18.0 Å². The number of hydrogen-bond acceptors (Lipinski definition) is 5. The first-order valence-corrected chi connectivity index (χ1v) is 4.83. The maximum atomic E-state index is 8.68. The van der Waals surface area contributed by atoms with Crippen molar-refractivity contribution in [3.63, 3.8) is 0 Å². The standard InChI is InChI=1S/C11H10N4O/c12-6-11-5-9(1-3-14-11)7-13-8-10-2-4-16-15-10/h1-5,13H,7-8H2. The molecule has 0 radical (unpaired) electrons. The van der Waals surface area contributed by atoms with Gasteiger partial charge in [0.15, 0.2) is 0 Å². The smallest absolute Gasteiger partial charge is 0.140 e. The van der Waals surface area contributed by atoms with E-state index in [4.69, 9.17) is 9.78 Å². The van der Waals surface area contributed by atoms with Crippen LogP contribution in [-0.2, 0) is 13.1 Å². The molecule has 0 aliphatic rings. The summed E-state index contributed by atoms with van der Waals surface area (Å²) in [6, 6.07) is 7.44. The predicted molar refractivity (Wildman–Crippen MR) is 56.0 cm³/mol. The van der Waals surface area contributed by atoms with Crippen molar-refractivity contribution < 1.29 is 4.52 Å². The van der Waals surface area contributed by atoms with Gasteiger partial charge in [-0.05, 0) is 17.7 Å². The van der Waals surface area contributed by atoms with Crippen molar-refractivity contribution in [1.29, 1.82) is 5.26 Å². The average molecular weight is 214 g/mol. The second-order valence-corrected chi connectivity index (χ2v) is 3.26. The third-order valence-electron chi connectivity index (χ3n) is 2.07. The van der Waals surface area contributed by atoms with Crippen molar-refractivity contribution in [2.24, 2.45) is 0 Å². The zero-order valence-electron chi connectivity index (χ0n) is 8.55. The third-order valence-corrected chi connectivity index (χ3v) is 2.07. The highest BCUT2D eigenvalue weighted by atomic mass is 16.5. The third kappa shape index (κ3) is 2.65. The molecule has 0 saturated carbocycles. The van der Waals surface area contributed by atoms with Gasteiger partial charge in [-0.3, -0.25) is 0 Å². The number of nitrogens with zero attached hydrogens (tertiary/aromatic N) is 3. The predicted octanol–water partition coefficient (Wildman–Crippen LogP) is 1.23. The lowest BCUT2D eigenvalue weighted by Crippen LogP contribution is -2.13. The number of hydrogen-bond donors (Lipinski definition) is 1. The van der Waals surface area contributed by atoms with E-state index in [0.717, 1.165) is 11.3 Å².